The Balaban J connectivity index is 1.55. The number of aromatic nitrogens is 2. The highest BCUT2D eigenvalue weighted by Gasteiger charge is 2.57. The second-order valence-electron chi connectivity index (χ2n) is 13.4. The number of alkyl halides is 3. The van der Waals surface area contributed by atoms with Gasteiger partial charge in [-0.15, -0.1) is 0 Å². The number of benzene rings is 2. The summed E-state index contributed by atoms with van der Waals surface area (Å²) in [6.07, 6.45) is -5.43. The van der Waals surface area contributed by atoms with Crippen molar-refractivity contribution >= 4 is 34.4 Å². The van der Waals surface area contributed by atoms with Gasteiger partial charge in [0, 0.05) is 34.3 Å². The molecule has 270 valence electrons. The maximum absolute atomic E-state index is 14.9. The predicted octanol–water partition coefficient (Wildman–Crippen LogP) is 4.26. The van der Waals surface area contributed by atoms with Crippen LogP contribution in [0.1, 0.15) is 53.6 Å². The molecule has 4 amide bonds. The number of anilines is 1. The number of primary amides is 1. The van der Waals surface area contributed by atoms with Gasteiger partial charge in [-0.25, -0.2) is 14.2 Å². The zero-order valence-electron chi connectivity index (χ0n) is 28.3. The molecule has 1 aliphatic heterocycles. The standard InChI is InChI=1S/C35H36F4N6O6/c1-17-10-20-11-21(12-24(26(20)43-18(17)2)44-31(48)42-14-32(3,4)49)29(46)41-15-34(50,35(37,38)39)25-13-23-28(51-16-33(23,5)30(40)47)27(45-25)19-6-8-22(36)9-7-19/h6-13,49-50H,14-16H2,1-5H3,(H2,40,47)(H,41,46)(H2,42,44,48)/t33-,34?/m0/s1. The molecule has 1 unspecified atom stereocenters. The van der Waals surface area contributed by atoms with Gasteiger partial charge in [-0.05, 0) is 88.7 Å². The van der Waals surface area contributed by atoms with Crippen molar-refractivity contribution in [3.63, 3.8) is 0 Å². The molecule has 0 bridgehead atoms. The van der Waals surface area contributed by atoms with E-state index < -0.39 is 58.7 Å². The number of nitrogens with zero attached hydrogens (tertiary/aromatic N) is 2. The summed E-state index contributed by atoms with van der Waals surface area (Å²) in [5.41, 5.74) is -0.697. The molecule has 0 saturated carbocycles. The maximum Gasteiger partial charge on any atom is 0.424 e. The molecule has 12 nitrogen and oxygen atoms in total. The highest BCUT2D eigenvalue weighted by Crippen LogP contribution is 2.47. The lowest BCUT2D eigenvalue weighted by Gasteiger charge is -2.31. The van der Waals surface area contributed by atoms with Gasteiger partial charge in [0.15, 0.2) is 0 Å². The van der Waals surface area contributed by atoms with Crippen molar-refractivity contribution < 1.29 is 46.9 Å². The van der Waals surface area contributed by atoms with E-state index in [1.165, 1.54) is 45.0 Å². The second-order valence-corrected chi connectivity index (χ2v) is 13.4. The van der Waals surface area contributed by atoms with E-state index in [-0.39, 0.29) is 52.5 Å². The lowest BCUT2D eigenvalue weighted by atomic mass is 9.81. The number of pyridine rings is 2. The zero-order valence-corrected chi connectivity index (χ0v) is 28.3. The average molecular weight is 713 g/mol. The van der Waals surface area contributed by atoms with Gasteiger partial charge in [-0.2, -0.15) is 13.2 Å². The number of urea groups is 1. The predicted molar refractivity (Wildman–Crippen MR) is 178 cm³/mol. The first-order chi connectivity index (χ1) is 23.6. The van der Waals surface area contributed by atoms with Crippen LogP contribution in [0.3, 0.4) is 0 Å². The number of rotatable bonds is 9. The summed E-state index contributed by atoms with van der Waals surface area (Å²) >= 11 is 0. The topological polar surface area (TPSA) is 189 Å². The van der Waals surface area contributed by atoms with Crippen molar-refractivity contribution in [3.05, 3.63) is 82.4 Å². The fourth-order valence-electron chi connectivity index (χ4n) is 5.42. The average Bonchev–Trinajstić information content (AvgIpc) is 3.40. The van der Waals surface area contributed by atoms with Crippen LogP contribution in [0.15, 0.2) is 48.5 Å². The summed E-state index contributed by atoms with van der Waals surface area (Å²) in [4.78, 5) is 47.3. The van der Waals surface area contributed by atoms with E-state index >= 15 is 0 Å². The molecule has 3 heterocycles. The van der Waals surface area contributed by atoms with Crippen molar-refractivity contribution in [3.8, 4) is 17.0 Å². The highest BCUT2D eigenvalue weighted by atomic mass is 19.4. The second kappa shape index (κ2) is 13.1. The summed E-state index contributed by atoms with van der Waals surface area (Å²) in [5, 5.41) is 28.9. The van der Waals surface area contributed by atoms with E-state index in [1.807, 2.05) is 0 Å². The number of amides is 4. The van der Waals surface area contributed by atoms with Gasteiger partial charge in [0.1, 0.15) is 29.3 Å². The third-order valence-electron chi connectivity index (χ3n) is 8.69. The molecular weight excluding hydrogens is 676 g/mol. The first kappa shape index (κ1) is 36.9. The Kier molecular flexibility index (Phi) is 9.47. The number of nitrogens with one attached hydrogen (secondary N) is 3. The van der Waals surface area contributed by atoms with Gasteiger partial charge < -0.3 is 36.6 Å². The van der Waals surface area contributed by atoms with Gasteiger partial charge in [-0.3, -0.25) is 14.6 Å². The molecule has 2 aromatic carbocycles. The van der Waals surface area contributed by atoms with Crippen LogP contribution in [-0.2, 0) is 15.8 Å². The number of ether oxygens (including phenoxy) is 1. The molecule has 7 N–H and O–H groups in total. The van der Waals surface area contributed by atoms with E-state index in [0.717, 1.165) is 23.8 Å². The Morgan fingerprint density at radius 3 is 2.25 bits per heavy atom. The number of hydrogen-bond acceptors (Lipinski definition) is 8. The monoisotopic (exact) mass is 712 g/mol. The molecule has 5 rings (SSSR count). The quantitative estimate of drug-likeness (QED) is 0.139. The van der Waals surface area contributed by atoms with E-state index in [1.54, 1.807) is 19.9 Å². The van der Waals surface area contributed by atoms with E-state index in [9.17, 15) is 42.2 Å². The maximum atomic E-state index is 14.9. The van der Waals surface area contributed by atoms with Crippen LogP contribution in [0.5, 0.6) is 5.75 Å². The first-order valence-electron chi connectivity index (χ1n) is 15.6. The number of nitrogens with two attached hydrogens (primary N) is 1. The van der Waals surface area contributed by atoms with Crippen LogP contribution < -0.4 is 26.4 Å². The number of aryl methyl sites for hydroxylation is 2. The van der Waals surface area contributed by atoms with Gasteiger partial charge in [0.2, 0.25) is 11.5 Å². The lowest BCUT2D eigenvalue weighted by molar-refractivity contribution is -0.265. The molecule has 1 aliphatic rings. The minimum Gasteiger partial charge on any atom is -0.489 e. The van der Waals surface area contributed by atoms with Crippen LogP contribution >= 0.6 is 0 Å². The summed E-state index contributed by atoms with van der Waals surface area (Å²) in [5.74, 6) is -2.67. The van der Waals surface area contributed by atoms with Crippen molar-refractivity contribution in [2.45, 2.75) is 57.4 Å². The van der Waals surface area contributed by atoms with Gasteiger partial charge in [-0.1, -0.05) is 0 Å². The summed E-state index contributed by atoms with van der Waals surface area (Å²) in [6.45, 7) is 5.93. The van der Waals surface area contributed by atoms with Crippen LogP contribution in [0.25, 0.3) is 22.2 Å². The number of hydrogen-bond donors (Lipinski definition) is 6. The van der Waals surface area contributed by atoms with Crippen LogP contribution in [0.2, 0.25) is 0 Å². The zero-order chi connectivity index (χ0) is 37.7. The van der Waals surface area contributed by atoms with Crippen molar-refractivity contribution in [1.29, 1.82) is 0 Å². The molecule has 0 radical (unpaired) electrons. The molecule has 51 heavy (non-hydrogen) atoms. The fraction of sp³-hybridized carbons (Fsp3) is 0.343. The van der Waals surface area contributed by atoms with Crippen LogP contribution in [-0.4, -0.2) is 69.5 Å². The van der Waals surface area contributed by atoms with E-state index in [0.29, 0.717) is 11.1 Å². The molecular formula is C35H36F4N6O6. The third-order valence-corrected chi connectivity index (χ3v) is 8.69. The van der Waals surface area contributed by atoms with Crippen molar-refractivity contribution in [2.75, 3.05) is 25.0 Å². The number of carbonyl (C=O) groups is 3. The third kappa shape index (κ3) is 7.28. The SMILES string of the molecule is Cc1cc2cc(C(=O)NCC(O)(c3cc4c(c(-c5ccc(F)cc5)n3)OC[C@]4(C)C(N)=O)C(F)(F)F)cc(NC(=O)NCC(C)(C)O)c2nc1C. The van der Waals surface area contributed by atoms with Crippen LogP contribution in [0.4, 0.5) is 28.0 Å². The Labute approximate surface area is 289 Å². The normalized spacial score (nSPS) is 16.9. The minimum absolute atomic E-state index is 0.0510. The number of halogens is 4. The number of fused-ring (bicyclic) bond motifs is 2. The molecule has 0 spiro atoms. The Morgan fingerprint density at radius 2 is 1.65 bits per heavy atom. The van der Waals surface area contributed by atoms with Crippen molar-refractivity contribution in [2.24, 2.45) is 5.73 Å². The highest BCUT2D eigenvalue weighted by molar-refractivity contribution is 6.06. The van der Waals surface area contributed by atoms with Crippen molar-refractivity contribution in [1.82, 2.24) is 20.6 Å². The Bertz CT molecular complexity index is 2050. The van der Waals surface area contributed by atoms with E-state index in [2.05, 4.69) is 25.9 Å². The molecule has 2 atom stereocenters. The number of aliphatic hydroxyl groups is 2. The molecule has 4 aromatic rings. The summed E-state index contributed by atoms with van der Waals surface area (Å²) in [7, 11) is 0. The smallest absolute Gasteiger partial charge is 0.424 e. The van der Waals surface area contributed by atoms with Gasteiger partial charge >= 0.3 is 12.2 Å². The Hall–Kier alpha value is -5.35. The van der Waals surface area contributed by atoms with E-state index in [4.69, 9.17) is 10.5 Å². The molecule has 0 saturated heterocycles. The molecule has 0 fully saturated rings. The largest absolute Gasteiger partial charge is 0.489 e. The molecule has 2 aromatic heterocycles. The van der Waals surface area contributed by atoms with Gasteiger partial charge in [0.25, 0.3) is 5.91 Å². The summed E-state index contributed by atoms with van der Waals surface area (Å²) < 4.78 is 64.1. The summed E-state index contributed by atoms with van der Waals surface area (Å²) in [6, 6.07) is 8.98. The lowest BCUT2D eigenvalue weighted by Crippen LogP contribution is -2.51. The first-order valence-corrected chi connectivity index (χ1v) is 15.6. The fourth-order valence-corrected chi connectivity index (χ4v) is 5.42. The molecule has 0 aliphatic carbocycles. The molecule has 16 heteroatoms. The minimum atomic E-state index is -5.43. The Morgan fingerprint density at radius 1 is 0.980 bits per heavy atom. The van der Waals surface area contributed by atoms with Gasteiger partial charge in [0.05, 0.1) is 29.0 Å². The number of carbonyl (C=O) groups excluding carboxylic acids is 3. The van der Waals surface area contributed by atoms with Crippen LogP contribution in [0, 0.1) is 19.7 Å².